The standard InChI is InChI=1S/C19H29N3O/c1-15(2)12-21-13-17(16-7-6-8-20-11-16)18(14-21)19(23)22-9-4-3-5-10-22/h6-8,11,15,17-18H,3-5,9-10,12-14H2,1-2H3/t17-,18+/m0/s1. The summed E-state index contributed by atoms with van der Waals surface area (Å²) in [6.45, 7) is 9.33. The van der Waals surface area contributed by atoms with Crippen LogP contribution >= 0.6 is 0 Å². The predicted octanol–water partition coefficient (Wildman–Crippen LogP) is 2.77. The third kappa shape index (κ3) is 3.92. The van der Waals surface area contributed by atoms with E-state index in [0.29, 0.717) is 11.8 Å². The number of piperidine rings is 1. The number of carbonyl (C=O) groups is 1. The molecular weight excluding hydrogens is 286 g/mol. The summed E-state index contributed by atoms with van der Waals surface area (Å²) in [5.74, 6) is 1.38. The van der Waals surface area contributed by atoms with Crippen LogP contribution in [-0.4, -0.2) is 53.4 Å². The molecule has 0 N–H and O–H groups in total. The normalized spacial score (nSPS) is 26.0. The molecule has 1 amide bonds. The topological polar surface area (TPSA) is 36.4 Å². The first-order chi connectivity index (χ1) is 11.1. The maximum atomic E-state index is 13.1. The van der Waals surface area contributed by atoms with Crippen molar-refractivity contribution in [1.82, 2.24) is 14.8 Å². The molecule has 1 aromatic heterocycles. The van der Waals surface area contributed by atoms with Crippen LogP contribution in [0.2, 0.25) is 0 Å². The highest BCUT2D eigenvalue weighted by Gasteiger charge is 2.40. The van der Waals surface area contributed by atoms with E-state index in [1.54, 1.807) is 0 Å². The second-order valence-corrected chi connectivity index (χ2v) is 7.50. The molecule has 4 nitrogen and oxygen atoms in total. The van der Waals surface area contributed by atoms with E-state index in [1.807, 2.05) is 18.5 Å². The number of pyridine rings is 1. The van der Waals surface area contributed by atoms with Crippen molar-refractivity contribution in [3.8, 4) is 0 Å². The summed E-state index contributed by atoms with van der Waals surface area (Å²) in [4.78, 5) is 21.9. The molecule has 0 unspecified atom stereocenters. The van der Waals surface area contributed by atoms with Gasteiger partial charge in [-0.25, -0.2) is 0 Å². The highest BCUT2D eigenvalue weighted by atomic mass is 16.2. The van der Waals surface area contributed by atoms with Gasteiger partial charge in [0.15, 0.2) is 0 Å². The van der Waals surface area contributed by atoms with Crippen LogP contribution in [0.5, 0.6) is 0 Å². The van der Waals surface area contributed by atoms with E-state index in [1.165, 1.54) is 12.0 Å². The number of likely N-dealkylation sites (tertiary alicyclic amines) is 2. The fourth-order valence-corrected chi connectivity index (χ4v) is 4.08. The van der Waals surface area contributed by atoms with Crippen molar-refractivity contribution in [1.29, 1.82) is 0 Å². The molecule has 2 saturated heterocycles. The van der Waals surface area contributed by atoms with E-state index in [4.69, 9.17) is 0 Å². The van der Waals surface area contributed by atoms with Crippen LogP contribution in [0.25, 0.3) is 0 Å². The van der Waals surface area contributed by atoms with Gasteiger partial charge in [0.05, 0.1) is 5.92 Å². The van der Waals surface area contributed by atoms with Gasteiger partial charge in [-0.3, -0.25) is 9.78 Å². The average molecular weight is 315 g/mol. The molecule has 126 valence electrons. The van der Waals surface area contributed by atoms with Crippen molar-refractivity contribution in [3.05, 3.63) is 30.1 Å². The highest BCUT2D eigenvalue weighted by Crippen LogP contribution is 2.34. The molecule has 4 heteroatoms. The molecule has 0 radical (unpaired) electrons. The van der Waals surface area contributed by atoms with Gasteiger partial charge in [-0.15, -0.1) is 0 Å². The van der Waals surface area contributed by atoms with E-state index in [2.05, 4.69) is 34.7 Å². The Morgan fingerprint density at radius 1 is 1.26 bits per heavy atom. The molecule has 3 heterocycles. The Bertz CT molecular complexity index is 511. The number of aromatic nitrogens is 1. The van der Waals surface area contributed by atoms with Gasteiger partial charge >= 0.3 is 0 Å². The van der Waals surface area contributed by atoms with Crippen LogP contribution in [0, 0.1) is 11.8 Å². The minimum atomic E-state index is 0.0936. The third-order valence-corrected chi connectivity index (χ3v) is 5.12. The monoisotopic (exact) mass is 315 g/mol. The average Bonchev–Trinajstić information content (AvgIpc) is 2.99. The maximum Gasteiger partial charge on any atom is 0.227 e. The van der Waals surface area contributed by atoms with Crippen molar-refractivity contribution in [2.24, 2.45) is 11.8 Å². The van der Waals surface area contributed by atoms with Crippen molar-refractivity contribution in [2.75, 3.05) is 32.7 Å². The van der Waals surface area contributed by atoms with Gasteiger partial charge in [-0.05, 0) is 36.8 Å². The minimum Gasteiger partial charge on any atom is -0.342 e. The Balaban J connectivity index is 1.77. The zero-order valence-electron chi connectivity index (χ0n) is 14.4. The molecule has 0 saturated carbocycles. The van der Waals surface area contributed by atoms with Crippen molar-refractivity contribution >= 4 is 5.91 Å². The van der Waals surface area contributed by atoms with Crippen molar-refractivity contribution in [2.45, 2.75) is 39.0 Å². The van der Waals surface area contributed by atoms with Gasteiger partial charge in [0.1, 0.15) is 0 Å². The lowest BCUT2D eigenvalue weighted by molar-refractivity contribution is -0.136. The lowest BCUT2D eigenvalue weighted by Gasteiger charge is -2.31. The molecular formula is C19H29N3O. The van der Waals surface area contributed by atoms with Crippen LogP contribution in [0.15, 0.2) is 24.5 Å². The van der Waals surface area contributed by atoms with Gasteiger partial charge in [0.25, 0.3) is 0 Å². The summed E-state index contributed by atoms with van der Waals surface area (Å²) < 4.78 is 0. The van der Waals surface area contributed by atoms with Crippen LogP contribution < -0.4 is 0 Å². The number of rotatable bonds is 4. The number of amides is 1. The highest BCUT2D eigenvalue weighted by molar-refractivity contribution is 5.80. The van der Waals surface area contributed by atoms with Crippen LogP contribution in [0.1, 0.15) is 44.6 Å². The Kier molecular flexibility index (Phi) is 5.31. The van der Waals surface area contributed by atoms with E-state index in [-0.39, 0.29) is 11.8 Å². The molecule has 2 aliphatic rings. The second-order valence-electron chi connectivity index (χ2n) is 7.50. The smallest absolute Gasteiger partial charge is 0.227 e. The van der Waals surface area contributed by atoms with Crippen LogP contribution in [0.4, 0.5) is 0 Å². The predicted molar refractivity (Wildman–Crippen MR) is 92.2 cm³/mol. The van der Waals surface area contributed by atoms with E-state index in [0.717, 1.165) is 45.6 Å². The molecule has 3 rings (SSSR count). The third-order valence-electron chi connectivity index (χ3n) is 5.12. The van der Waals surface area contributed by atoms with Gasteiger partial charge in [0, 0.05) is 51.0 Å². The van der Waals surface area contributed by atoms with E-state index < -0.39 is 0 Å². The molecule has 2 atom stereocenters. The Morgan fingerprint density at radius 3 is 2.70 bits per heavy atom. The van der Waals surface area contributed by atoms with Gasteiger partial charge in [0.2, 0.25) is 5.91 Å². The van der Waals surface area contributed by atoms with Crippen molar-refractivity contribution in [3.63, 3.8) is 0 Å². The molecule has 2 fully saturated rings. The summed E-state index contributed by atoms with van der Waals surface area (Å²) in [5.41, 5.74) is 1.22. The molecule has 2 aliphatic heterocycles. The summed E-state index contributed by atoms with van der Waals surface area (Å²) in [5, 5.41) is 0. The lowest BCUT2D eigenvalue weighted by Crippen LogP contribution is -2.42. The first-order valence-electron chi connectivity index (χ1n) is 9.06. The Labute approximate surface area is 139 Å². The molecule has 0 aliphatic carbocycles. The number of hydrogen-bond acceptors (Lipinski definition) is 3. The van der Waals surface area contributed by atoms with E-state index in [9.17, 15) is 4.79 Å². The Morgan fingerprint density at radius 2 is 2.04 bits per heavy atom. The summed E-state index contributed by atoms with van der Waals surface area (Å²) in [6, 6.07) is 4.12. The lowest BCUT2D eigenvalue weighted by atomic mass is 9.88. The molecule has 0 spiro atoms. The molecule has 0 aromatic carbocycles. The number of hydrogen-bond donors (Lipinski definition) is 0. The zero-order valence-corrected chi connectivity index (χ0v) is 14.4. The minimum absolute atomic E-state index is 0.0936. The van der Waals surface area contributed by atoms with Gasteiger partial charge < -0.3 is 9.80 Å². The van der Waals surface area contributed by atoms with E-state index >= 15 is 0 Å². The SMILES string of the molecule is CC(C)CN1C[C@@H](C(=O)N2CCCCC2)[C@H](c2cccnc2)C1. The van der Waals surface area contributed by atoms with Gasteiger partial charge in [-0.2, -0.15) is 0 Å². The first-order valence-corrected chi connectivity index (χ1v) is 9.06. The second kappa shape index (κ2) is 7.43. The fraction of sp³-hybridized carbons (Fsp3) is 0.684. The van der Waals surface area contributed by atoms with Crippen molar-refractivity contribution < 1.29 is 4.79 Å². The summed E-state index contributed by atoms with van der Waals surface area (Å²) in [7, 11) is 0. The van der Waals surface area contributed by atoms with Crippen LogP contribution in [-0.2, 0) is 4.79 Å². The fourth-order valence-electron chi connectivity index (χ4n) is 4.08. The number of carbonyl (C=O) groups excluding carboxylic acids is 1. The molecule has 23 heavy (non-hydrogen) atoms. The summed E-state index contributed by atoms with van der Waals surface area (Å²) >= 11 is 0. The van der Waals surface area contributed by atoms with Crippen LogP contribution in [0.3, 0.4) is 0 Å². The first kappa shape index (κ1) is 16.4. The zero-order chi connectivity index (χ0) is 16.2. The molecule has 1 aromatic rings. The maximum absolute atomic E-state index is 13.1. The Hall–Kier alpha value is -1.42. The largest absolute Gasteiger partial charge is 0.342 e. The number of nitrogens with zero attached hydrogens (tertiary/aromatic N) is 3. The van der Waals surface area contributed by atoms with Gasteiger partial charge in [-0.1, -0.05) is 19.9 Å². The quantitative estimate of drug-likeness (QED) is 0.857. The summed E-state index contributed by atoms with van der Waals surface area (Å²) in [6.07, 6.45) is 7.34. The molecule has 0 bridgehead atoms.